The van der Waals surface area contributed by atoms with E-state index in [-0.39, 0.29) is 23.9 Å². The summed E-state index contributed by atoms with van der Waals surface area (Å²) in [6.07, 6.45) is 4.74. The van der Waals surface area contributed by atoms with Crippen molar-refractivity contribution < 1.29 is 14.7 Å². The second-order valence-corrected chi connectivity index (χ2v) is 7.44. The van der Waals surface area contributed by atoms with Crippen molar-refractivity contribution in [2.24, 2.45) is 0 Å². The lowest BCUT2D eigenvalue weighted by molar-refractivity contribution is -0.137. The molecule has 128 valence electrons. The fourth-order valence-electron chi connectivity index (χ4n) is 3.40. The zero-order chi connectivity index (χ0) is 16.9. The van der Waals surface area contributed by atoms with Crippen LogP contribution >= 0.6 is 11.3 Å². The van der Waals surface area contributed by atoms with E-state index in [1.165, 1.54) is 4.88 Å². The predicted octanol–water partition coefficient (Wildman–Crippen LogP) is 2.82. The minimum atomic E-state index is -0.845. The van der Waals surface area contributed by atoms with Crippen LogP contribution in [0.5, 0.6) is 0 Å². The average molecular weight is 338 g/mol. The minimum Gasteiger partial charge on any atom is -0.481 e. The maximum atomic E-state index is 11.9. The zero-order valence-corrected chi connectivity index (χ0v) is 14.7. The van der Waals surface area contributed by atoms with Gasteiger partial charge in [0.05, 0.1) is 5.54 Å². The van der Waals surface area contributed by atoms with Gasteiger partial charge in [0.1, 0.15) is 0 Å². The molecule has 0 aromatic carbocycles. The van der Waals surface area contributed by atoms with E-state index in [0.29, 0.717) is 12.8 Å². The molecule has 1 aromatic rings. The lowest BCUT2D eigenvalue weighted by atomic mass is 9.77. The van der Waals surface area contributed by atoms with Crippen LogP contribution in [0.3, 0.4) is 0 Å². The summed E-state index contributed by atoms with van der Waals surface area (Å²) in [5.74, 6) is -0.869. The molecule has 0 bridgehead atoms. The molecule has 1 aliphatic carbocycles. The van der Waals surface area contributed by atoms with E-state index < -0.39 is 5.97 Å². The standard InChI is InChI=1S/C17H26N2O3S/c1-19(2)17(14-5-4-12-23-14)10-8-13(9-11-17)18-15(20)6-3-7-16(21)22/h4-5,12-13H,3,6-11H2,1-2H3,(H,18,20)(H,21,22). The SMILES string of the molecule is CN(C)C1(c2cccs2)CCC(NC(=O)CCCC(=O)O)CC1. The van der Waals surface area contributed by atoms with Crippen LogP contribution in [0.1, 0.15) is 49.8 Å². The quantitative estimate of drug-likeness (QED) is 0.802. The molecule has 0 atom stereocenters. The van der Waals surface area contributed by atoms with Gasteiger partial charge in [-0.3, -0.25) is 14.5 Å². The van der Waals surface area contributed by atoms with Crippen LogP contribution in [0.4, 0.5) is 0 Å². The molecule has 0 saturated heterocycles. The van der Waals surface area contributed by atoms with Crippen molar-refractivity contribution in [1.82, 2.24) is 10.2 Å². The molecule has 1 aliphatic rings. The molecule has 0 unspecified atom stereocenters. The summed E-state index contributed by atoms with van der Waals surface area (Å²) in [7, 11) is 4.26. The lowest BCUT2D eigenvalue weighted by Crippen LogP contribution is -2.48. The first-order valence-corrected chi connectivity index (χ1v) is 9.04. The third-order valence-corrected chi connectivity index (χ3v) is 5.87. The van der Waals surface area contributed by atoms with Crippen molar-refractivity contribution in [1.29, 1.82) is 0 Å². The second kappa shape index (κ2) is 7.93. The Bertz CT molecular complexity index is 520. The van der Waals surface area contributed by atoms with E-state index in [1.54, 1.807) is 11.3 Å². The Morgan fingerprint density at radius 3 is 2.57 bits per heavy atom. The number of carboxylic acid groups (broad SMARTS) is 1. The zero-order valence-electron chi connectivity index (χ0n) is 13.9. The van der Waals surface area contributed by atoms with Crippen LogP contribution in [0.25, 0.3) is 0 Å². The highest BCUT2D eigenvalue weighted by atomic mass is 32.1. The summed E-state index contributed by atoms with van der Waals surface area (Å²) in [6.45, 7) is 0. The van der Waals surface area contributed by atoms with Gasteiger partial charge in [-0.15, -0.1) is 11.3 Å². The molecule has 2 rings (SSSR count). The molecule has 1 amide bonds. The predicted molar refractivity (Wildman–Crippen MR) is 91.6 cm³/mol. The van der Waals surface area contributed by atoms with Crippen molar-refractivity contribution in [3.05, 3.63) is 22.4 Å². The topological polar surface area (TPSA) is 69.6 Å². The minimum absolute atomic E-state index is 0.0234. The summed E-state index contributed by atoms with van der Waals surface area (Å²) in [5.41, 5.74) is 0.0820. The van der Waals surface area contributed by atoms with Crippen molar-refractivity contribution in [3.63, 3.8) is 0 Å². The molecule has 6 heteroatoms. The largest absolute Gasteiger partial charge is 0.481 e. The van der Waals surface area contributed by atoms with Gasteiger partial charge in [0.15, 0.2) is 0 Å². The number of carbonyl (C=O) groups excluding carboxylic acids is 1. The maximum Gasteiger partial charge on any atom is 0.303 e. The maximum absolute atomic E-state index is 11.9. The van der Waals surface area contributed by atoms with Gasteiger partial charge in [-0.05, 0) is 57.6 Å². The van der Waals surface area contributed by atoms with Gasteiger partial charge in [0.2, 0.25) is 5.91 Å². The second-order valence-electron chi connectivity index (χ2n) is 6.49. The Morgan fingerprint density at radius 1 is 1.35 bits per heavy atom. The molecule has 1 saturated carbocycles. The van der Waals surface area contributed by atoms with Gasteiger partial charge in [-0.25, -0.2) is 0 Å². The molecule has 0 radical (unpaired) electrons. The fourth-order valence-corrected chi connectivity index (χ4v) is 4.46. The third kappa shape index (κ3) is 4.54. The van der Waals surface area contributed by atoms with Crippen LogP contribution in [0.2, 0.25) is 0 Å². The highest BCUT2D eigenvalue weighted by molar-refractivity contribution is 7.10. The van der Waals surface area contributed by atoms with Crippen molar-refractivity contribution in [2.75, 3.05) is 14.1 Å². The first-order valence-electron chi connectivity index (χ1n) is 8.16. The number of amides is 1. The van der Waals surface area contributed by atoms with Gasteiger partial charge in [-0.1, -0.05) is 6.07 Å². The highest BCUT2D eigenvalue weighted by Gasteiger charge is 2.39. The third-order valence-electron chi connectivity index (χ3n) is 4.81. The number of carbonyl (C=O) groups is 2. The summed E-state index contributed by atoms with van der Waals surface area (Å²) in [4.78, 5) is 26.1. The molecule has 1 aromatic heterocycles. The number of nitrogens with zero attached hydrogens (tertiary/aromatic N) is 1. The van der Waals surface area contributed by atoms with Crippen LogP contribution in [0.15, 0.2) is 17.5 Å². The molecule has 1 fully saturated rings. The first kappa shape index (κ1) is 17.9. The van der Waals surface area contributed by atoms with Crippen LogP contribution in [-0.2, 0) is 15.1 Å². The Labute approximate surface area is 141 Å². The van der Waals surface area contributed by atoms with E-state index in [2.05, 4.69) is 41.8 Å². The molecule has 1 heterocycles. The first-order chi connectivity index (χ1) is 10.9. The van der Waals surface area contributed by atoms with Crippen molar-refractivity contribution in [3.8, 4) is 0 Å². The summed E-state index contributed by atoms with van der Waals surface area (Å²) in [6, 6.07) is 4.51. The molecular weight excluding hydrogens is 312 g/mol. The molecule has 5 nitrogen and oxygen atoms in total. The van der Waals surface area contributed by atoms with Crippen LogP contribution in [0, 0.1) is 0 Å². The monoisotopic (exact) mass is 338 g/mol. The molecule has 23 heavy (non-hydrogen) atoms. The van der Waals surface area contributed by atoms with Crippen LogP contribution in [-0.4, -0.2) is 42.0 Å². The average Bonchev–Trinajstić information content (AvgIpc) is 3.02. The van der Waals surface area contributed by atoms with E-state index in [0.717, 1.165) is 25.7 Å². The van der Waals surface area contributed by atoms with Gasteiger partial charge >= 0.3 is 5.97 Å². The van der Waals surface area contributed by atoms with Crippen LogP contribution < -0.4 is 5.32 Å². The van der Waals surface area contributed by atoms with Crippen molar-refractivity contribution >= 4 is 23.2 Å². The Kier molecular flexibility index (Phi) is 6.18. The number of carboxylic acids is 1. The van der Waals surface area contributed by atoms with E-state index in [9.17, 15) is 9.59 Å². The summed E-state index contributed by atoms with van der Waals surface area (Å²) >= 11 is 1.80. The molecule has 0 spiro atoms. The number of nitrogens with one attached hydrogen (secondary N) is 1. The highest BCUT2D eigenvalue weighted by Crippen LogP contribution is 2.42. The number of hydrogen-bond acceptors (Lipinski definition) is 4. The summed E-state index contributed by atoms with van der Waals surface area (Å²) in [5, 5.41) is 13.8. The Hall–Kier alpha value is -1.40. The van der Waals surface area contributed by atoms with Gasteiger partial charge < -0.3 is 10.4 Å². The Balaban J connectivity index is 1.85. The van der Waals surface area contributed by atoms with Gasteiger partial charge in [-0.2, -0.15) is 0 Å². The smallest absolute Gasteiger partial charge is 0.303 e. The number of aliphatic carboxylic acids is 1. The van der Waals surface area contributed by atoms with E-state index in [1.807, 2.05) is 0 Å². The van der Waals surface area contributed by atoms with E-state index >= 15 is 0 Å². The fraction of sp³-hybridized carbons (Fsp3) is 0.647. The van der Waals surface area contributed by atoms with Crippen molar-refractivity contribution in [2.45, 2.75) is 56.5 Å². The molecule has 0 aliphatic heterocycles. The molecular formula is C17H26N2O3S. The number of thiophene rings is 1. The number of hydrogen-bond donors (Lipinski definition) is 2. The van der Waals surface area contributed by atoms with Gasteiger partial charge in [0.25, 0.3) is 0 Å². The van der Waals surface area contributed by atoms with E-state index in [4.69, 9.17) is 5.11 Å². The Morgan fingerprint density at radius 2 is 2.04 bits per heavy atom. The van der Waals surface area contributed by atoms with Gasteiger partial charge in [0, 0.05) is 23.8 Å². The molecule has 2 N–H and O–H groups in total. The number of rotatable bonds is 7. The lowest BCUT2D eigenvalue weighted by Gasteiger charge is -2.44. The summed E-state index contributed by atoms with van der Waals surface area (Å²) < 4.78 is 0. The normalized spacial score (nSPS) is 24.6.